The van der Waals surface area contributed by atoms with Crippen LogP contribution in [0.1, 0.15) is 254 Å². The molecule has 0 unspecified atom stereocenters. The minimum absolute atomic E-state index is 0.405. The Morgan fingerprint density at radius 2 is 0.310 bits per heavy atom. The molecule has 1 aliphatic rings. The third kappa shape index (κ3) is 20.6. The van der Waals surface area contributed by atoms with Gasteiger partial charge in [0.1, 0.15) is 46.0 Å². The van der Waals surface area contributed by atoms with Gasteiger partial charge in [-0.2, -0.15) is 0 Å². The second-order valence-corrected chi connectivity index (χ2v) is 28.5. The number of unbranched alkanes of at least 4 members (excludes halogenated alkanes) is 16. The Bertz CT molecular complexity index is 2190. The van der Waals surface area contributed by atoms with Crippen molar-refractivity contribution >= 4 is 127 Å². The van der Waals surface area contributed by atoms with Crippen LogP contribution >= 0.6 is 127 Å². The van der Waals surface area contributed by atoms with Crippen LogP contribution < -0.4 is 37.9 Å². The van der Waals surface area contributed by atoms with Gasteiger partial charge >= 0.3 is 0 Å². The highest BCUT2D eigenvalue weighted by molar-refractivity contribution is 9.12. The van der Waals surface area contributed by atoms with E-state index < -0.39 is 0 Å². The molecule has 0 spiro atoms. The van der Waals surface area contributed by atoms with E-state index in [4.69, 9.17) is 37.9 Å². The average Bonchev–Trinajstić information content (AvgIpc) is 1.13. The monoisotopic (exact) mass is 1670 g/mol. The fourth-order valence-corrected chi connectivity index (χ4v) is 16.5. The topological polar surface area (TPSA) is 73.8 Å². The van der Waals surface area contributed by atoms with Crippen molar-refractivity contribution in [3.63, 3.8) is 0 Å². The van der Waals surface area contributed by atoms with Gasteiger partial charge in [0.2, 0.25) is 0 Å². The van der Waals surface area contributed by atoms with Crippen LogP contribution in [0.4, 0.5) is 0 Å². The van der Waals surface area contributed by atoms with E-state index >= 15 is 0 Å². The van der Waals surface area contributed by atoms with Crippen molar-refractivity contribution in [1.82, 2.24) is 0 Å². The van der Waals surface area contributed by atoms with Crippen molar-refractivity contribution < 1.29 is 37.9 Å². The van der Waals surface area contributed by atoms with E-state index in [1.807, 2.05) is 0 Å². The standard InChI is InChI=1S/C68H96Br8O8/c1-9-17-25-33-77-61-45-41-47-55(71)66(82-38-30-22-14-6)57(73)49(62(47)78-34-26-18-10-2)43-51-59(75)68(84-40-32-24-16-8)60(76)52(64(51)80-36-28-20-12-4)44-50-58(74)67(83-39-31-23-15-7)56(72)48(63(50)79-35-27-19-11-3)42-46(61)54(70)65(53(45)69)81-37-29-21-13-5/h9-44H2,1-8H3. The lowest BCUT2D eigenvalue weighted by Gasteiger charge is -2.29. The van der Waals surface area contributed by atoms with E-state index in [9.17, 15) is 0 Å². The molecule has 0 amide bonds. The van der Waals surface area contributed by atoms with Crippen molar-refractivity contribution in [1.29, 1.82) is 0 Å². The van der Waals surface area contributed by atoms with E-state index in [-0.39, 0.29) is 0 Å². The molecule has 8 nitrogen and oxygen atoms in total. The summed E-state index contributed by atoms with van der Waals surface area (Å²) in [5.41, 5.74) is 7.64. The van der Waals surface area contributed by atoms with E-state index in [0.29, 0.717) is 78.5 Å². The van der Waals surface area contributed by atoms with Crippen LogP contribution in [0.25, 0.3) is 0 Å². The van der Waals surface area contributed by atoms with Crippen molar-refractivity contribution in [2.45, 2.75) is 235 Å². The summed E-state index contributed by atoms with van der Waals surface area (Å²) < 4.78 is 64.1. The first kappa shape index (κ1) is 73.9. The number of hydrogen-bond acceptors (Lipinski definition) is 8. The molecule has 1 aliphatic carbocycles. The Balaban J connectivity index is 2.13. The van der Waals surface area contributed by atoms with Crippen LogP contribution in [-0.2, 0) is 25.7 Å². The lowest BCUT2D eigenvalue weighted by atomic mass is 9.90. The minimum Gasteiger partial charge on any atom is -0.493 e. The van der Waals surface area contributed by atoms with Gasteiger partial charge in [-0.1, -0.05) is 158 Å². The molecule has 0 aromatic heterocycles. The Hall–Kier alpha value is -0.880. The SMILES string of the molecule is CCCCCOc1c(Br)c2c(OCCCCC)c(c1Br)Cc1c(Br)c(OCCCCC)c(Br)c(c1OCCCCC)Cc1c(Br)c(OCCCCC)c(Br)c(c1OCCCCC)Cc1c(Br)c(OCCCCC)c(Br)c(c1OCCCCC)C2. The first-order valence-electron chi connectivity index (χ1n) is 31.9. The first-order valence-corrected chi connectivity index (χ1v) is 38.3. The third-order valence-electron chi connectivity index (χ3n) is 15.3. The van der Waals surface area contributed by atoms with Crippen molar-refractivity contribution in [3.8, 4) is 46.0 Å². The number of rotatable bonds is 40. The van der Waals surface area contributed by atoms with Crippen LogP contribution in [0.5, 0.6) is 46.0 Å². The molecule has 84 heavy (non-hydrogen) atoms. The highest BCUT2D eigenvalue weighted by atomic mass is 79.9. The summed E-state index contributed by atoms with van der Waals surface area (Å²) in [5, 5.41) is 0. The summed E-state index contributed by atoms with van der Waals surface area (Å²) in [6.45, 7) is 22.2. The highest BCUT2D eigenvalue weighted by Gasteiger charge is 2.35. The molecule has 0 atom stereocenters. The summed E-state index contributed by atoms with van der Waals surface area (Å²) in [6, 6.07) is 0. The third-order valence-corrected chi connectivity index (χ3v) is 22.0. The second kappa shape index (κ2) is 40.8. The number of fused-ring (bicyclic) bond motifs is 8. The fourth-order valence-electron chi connectivity index (χ4n) is 10.4. The Labute approximate surface area is 574 Å². The minimum atomic E-state index is 0.405. The molecule has 8 bridgehead atoms. The van der Waals surface area contributed by atoms with Gasteiger partial charge < -0.3 is 37.9 Å². The summed E-state index contributed by atoms with van der Waals surface area (Å²) in [6.07, 6.45) is 25.9. The largest absolute Gasteiger partial charge is 0.493 e. The molecule has 472 valence electrons. The van der Waals surface area contributed by atoms with Crippen LogP contribution in [0.3, 0.4) is 0 Å². The molecule has 4 aromatic rings. The van der Waals surface area contributed by atoms with Crippen molar-refractivity contribution in [2.24, 2.45) is 0 Å². The molecule has 0 aliphatic heterocycles. The lowest BCUT2D eigenvalue weighted by molar-refractivity contribution is 0.284. The van der Waals surface area contributed by atoms with Gasteiger partial charge in [-0.15, -0.1) is 0 Å². The summed E-state index contributed by atoms with van der Waals surface area (Å²) in [7, 11) is 0. The number of hydrogen-bond donors (Lipinski definition) is 0. The fraction of sp³-hybridized carbons (Fsp3) is 0.647. The molecule has 0 radical (unpaired) electrons. The Morgan fingerprint density at radius 1 is 0.190 bits per heavy atom. The van der Waals surface area contributed by atoms with Crippen LogP contribution in [0, 0.1) is 0 Å². The van der Waals surface area contributed by atoms with Crippen LogP contribution in [0.15, 0.2) is 35.8 Å². The second-order valence-electron chi connectivity index (χ2n) is 22.1. The van der Waals surface area contributed by atoms with E-state index in [0.717, 1.165) is 280 Å². The zero-order chi connectivity index (χ0) is 61.0. The van der Waals surface area contributed by atoms with Gasteiger partial charge in [-0.3, -0.25) is 0 Å². The number of benzene rings is 4. The van der Waals surface area contributed by atoms with Gasteiger partial charge in [0.25, 0.3) is 0 Å². The molecule has 0 fully saturated rings. The summed E-state index contributed by atoms with van der Waals surface area (Å²) in [4.78, 5) is 0. The van der Waals surface area contributed by atoms with Gasteiger partial charge in [-0.25, -0.2) is 0 Å². The zero-order valence-electron chi connectivity index (χ0n) is 51.7. The molecule has 0 saturated heterocycles. The van der Waals surface area contributed by atoms with E-state index in [1.54, 1.807) is 0 Å². The molecular formula is C68H96Br8O8. The van der Waals surface area contributed by atoms with Gasteiger partial charge in [0.15, 0.2) is 0 Å². The molecule has 0 saturated carbocycles. The van der Waals surface area contributed by atoms with Gasteiger partial charge in [0, 0.05) is 70.2 Å². The molecule has 5 rings (SSSR count). The maximum atomic E-state index is 7.34. The zero-order valence-corrected chi connectivity index (χ0v) is 64.4. The Morgan fingerprint density at radius 3 is 0.429 bits per heavy atom. The van der Waals surface area contributed by atoms with E-state index in [1.165, 1.54) is 0 Å². The van der Waals surface area contributed by atoms with Gasteiger partial charge in [0.05, 0.1) is 88.6 Å². The average molecular weight is 1680 g/mol. The molecule has 4 aromatic carbocycles. The van der Waals surface area contributed by atoms with Crippen LogP contribution in [0.2, 0.25) is 0 Å². The van der Waals surface area contributed by atoms with Crippen molar-refractivity contribution in [3.05, 3.63) is 80.3 Å². The smallest absolute Gasteiger partial charge is 0.148 e. The first-order chi connectivity index (χ1) is 40.8. The van der Waals surface area contributed by atoms with E-state index in [2.05, 4.69) is 183 Å². The number of ether oxygens (including phenoxy) is 8. The predicted molar refractivity (Wildman–Crippen MR) is 379 cm³/mol. The quantitative estimate of drug-likeness (QED) is 0.0359. The maximum Gasteiger partial charge on any atom is 0.148 e. The normalized spacial score (nSPS) is 12.2. The van der Waals surface area contributed by atoms with Crippen molar-refractivity contribution in [2.75, 3.05) is 52.9 Å². The summed E-state index contributed by atoms with van der Waals surface area (Å²) in [5.74, 6) is 6.11. The molecule has 16 heteroatoms. The summed E-state index contributed by atoms with van der Waals surface area (Å²) >= 11 is 34.1. The lowest BCUT2D eigenvalue weighted by Crippen LogP contribution is -2.15. The number of halogens is 8. The highest BCUT2D eigenvalue weighted by Crippen LogP contribution is 2.57. The Kier molecular flexibility index (Phi) is 35.9. The molecule has 0 heterocycles. The molecule has 0 N–H and O–H groups in total. The van der Waals surface area contributed by atoms with Crippen LogP contribution in [-0.4, -0.2) is 52.9 Å². The maximum absolute atomic E-state index is 7.34. The predicted octanol–water partition coefficient (Wildman–Crippen LogP) is 25.0. The van der Waals surface area contributed by atoms with Gasteiger partial charge in [-0.05, 0) is 179 Å². The molecular weight excluding hydrogens is 1580 g/mol.